The van der Waals surface area contributed by atoms with Crippen molar-refractivity contribution in [2.75, 3.05) is 0 Å². The molecule has 16 heavy (non-hydrogen) atoms. The van der Waals surface area contributed by atoms with E-state index in [4.69, 9.17) is 16.3 Å². The molecule has 1 rings (SSSR count). The first-order valence-electron chi connectivity index (χ1n) is 5.35. The van der Waals surface area contributed by atoms with Crippen molar-refractivity contribution < 1.29 is 9.53 Å². The Bertz CT molecular complexity index is 355. The van der Waals surface area contributed by atoms with Crippen molar-refractivity contribution in [3.63, 3.8) is 0 Å². The number of unbranched alkanes of at least 4 members (excludes halogenated alkanes) is 2. The van der Waals surface area contributed by atoms with Crippen molar-refractivity contribution in [2.45, 2.75) is 26.2 Å². The minimum absolute atomic E-state index is 0.454. The van der Waals surface area contributed by atoms with Gasteiger partial charge in [0.25, 0.3) is 5.24 Å². The molecule has 0 spiro atoms. The highest BCUT2D eigenvalue weighted by molar-refractivity contribution is 6.67. The first-order chi connectivity index (χ1) is 7.74. The molecule has 0 saturated heterocycles. The Hall–Kier alpha value is -1.28. The lowest BCUT2D eigenvalue weighted by Crippen LogP contribution is -1.88. The molecule has 0 bridgehead atoms. The molecule has 0 saturated carbocycles. The van der Waals surface area contributed by atoms with Gasteiger partial charge in [-0.2, -0.15) is 0 Å². The SMILES string of the molecule is CCCCC=COc1ccc(C(=O)Cl)cc1. The molecule has 0 atom stereocenters. The van der Waals surface area contributed by atoms with Crippen molar-refractivity contribution in [3.8, 4) is 5.75 Å². The zero-order valence-electron chi connectivity index (χ0n) is 9.28. The van der Waals surface area contributed by atoms with Crippen LogP contribution >= 0.6 is 11.6 Å². The van der Waals surface area contributed by atoms with Crippen molar-refractivity contribution >= 4 is 16.8 Å². The molecule has 2 nitrogen and oxygen atoms in total. The second-order valence-corrected chi connectivity index (χ2v) is 3.77. The van der Waals surface area contributed by atoms with E-state index in [0.29, 0.717) is 11.3 Å². The third kappa shape index (κ3) is 4.49. The van der Waals surface area contributed by atoms with Crippen LogP contribution in [-0.4, -0.2) is 5.24 Å². The Kier molecular flexibility index (Phi) is 5.65. The van der Waals surface area contributed by atoms with E-state index in [2.05, 4.69) is 6.92 Å². The average molecular weight is 239 g/mol. The van der Waals surface area contributed by atoms with Gasteiger partial charge in [0.2, 0.25) is 0 Å². The van der Waals surface area contributed by atoms with E-state index < -0.39 is 5.24 Å². The highest BCUT2D eigenvalue weighted by atomic mass is 35.5. The fraction of sp³-hybridized carbons (Fsp3) is 0.308. The molecule has 0 heterocycles. The van der Waals surface area contributed by atoms with E-state index >= 15 is 0 Å². The largest absolute Gasteiger partial charge is 0.465 e. The summed E-state index contributed by atoms with van der Waals surface area (Å²) in [7, 11) is 0. The number of ether oxygens (including phenoxy) is 1. The third-order valence-corrected chi connectivity index (χ3v) is 2.32. The van der Waals surface area contributed by atoms with Gasteiger partial charge in [0, 0.05) is 5.56 Å². The summed E-state index contributed by atoms with van der Waals surface area (Å²) in [6.07, 6.45) is 7.03. The second-order valence-electron chi connectivity index (χ2n) is 3.43. The summed E-state index contributed by atoms with van der Waals surface area (Å²) in [4.78, 5) is 10.8. The van der Waals surface area contributed by atoms with Gasteiger partial charge >= 0.3 is 0 Å². The van der Waals surface area contributed by atoms with Crippen molar-refractivity contribution in [2.24, 2.45) is 0 Å². The summed E-state index contributed by atoms with van der Waals surface area (Å²) in [6, 6.07) is 6.73. The molecule has 1 aromatic rings. The molecule has 1 aromatic carbocycles. The van der Waals surface area contributed by atoms with Gasteiger partial charge in [-0.25, -0.2) is 0 Å². The van der Waals surface area contributed by atoms with Crippen LogP contribution in [0.4, 0.5) is 0 Å². The van der Waals surface area contributed by atoms with Gasteiger partial charge in [0.15, 0.2) is 0 Å². The van der Waals surface area contributed by atoms with Crippen LogP contribution in [0.2, 0.25) is 0 Å². The maximum absolute atomic E-state index is 10.8. The van der Waals surface area contributed by atoms with Crippen LogP contribution in [-0.2, 0) is 0 Å². The van der Waals surface area contributed by atoms with Crippen LogP contribution in [0, 0.1) is 0 Å². The standard InChI is InChI=1S/C13H15ClO2/c1-2-3-4-5-10-16-12-8-6-11(7-9-12)13(14)15/h5-10H,2-4H2,1H3. The number of carbonyl (C=O) groups is 1. The van der Waals surface area contributed by atoms with Crippen molar-refractivity contribution in [1.29, 1.82) is 0 Å². The van der Waals surface area contributed by atoms with Crippen molar-refractivity contribution in [1.82, 2.24) is 0 Å². The van der Waals surface area contributed by atoms with Gasteiger partial charge in [-0.1, -0.05) is 13.3 Å². The predicted octanol–water partition coefficient (Wildman–Crippen LogP) is 4.15. The first-order valence-corrected chi connectivity index (χ1v) is 5.73. The van der Waals surface area contributed by atoms with Crippen molar-refractivity contribution in [3.05, 3.63) is 42.2 Å². The maximum Gasteiger partial charge on any atom is 0.252 e. The number of hydrogen-bond acceptors (Lipinski definition) is 2. The van der Waals surface area contributed by atoms with E-state index in [1.807, 2.05) is 6.08 Å². The summed E-state index contributed by atoms with van der Waals surface area (Å²) < 4.78 is 5.35. The molecule has 0 aromatic heterocycles. The number of hydrogen-bond donors (Lipinski definition) is 0. The minimum atomic E-state index is -0.454. The van der Waals surface area contributed by atoms with Gasteiger partial charge in [-0.15, -0.1) is 0 Å². The number of halogens is 1. The molecule has 0 aliphatic carbocycles. The molecule has 0 amide bonds. The van der Waals surface area contributed by atoms with Gasteiger partial charge in [0.1, 0.15) is 5.75 Å². The Labute approximate surface area is 101 Å². The monoisotopic (exact) mass is 238 g/mol. The number of carbonyl (C=O) groups excluding carboxylic acids is 1. The van der Waals surface area contributed by atoms with E-state index in [0.717, 1.165) is 6.42 Å². The first kappa shape index (κ1) is 12.8. The van der Waals surface area contributed by atoms with Crippen LogP contribution in [0.15, 0.2) is 36.6 Å². The third-order valence-electron chi connectivity index (χ3n) is 2.11. The van der Waals surface area contributed by atoms with Gasteiger partial charge in [0.05, 0.1) is 6.26 Å². The molecule has 0 radical (unpaired) electrons. The molecule has 0 aliphatic rings. The molecule has 86 valence electrons. The fourth-order valence-electron chi connectivity index (χ4n) is 1.18. The van der Waals surface area contributed by atoms with E-state index in [-0.39, 0.29) is 0 Å². The highest BCUT2D eigenvalue weighted by Crippen LogP contribution is 2.13. The number of benzene rings is 1. The molecule has 0 aliphatic heterocycles. The lowest BCUT2D eigenvalue weighted by atomic mass is 10.2. The lowest BCUT2D eigenvalue weighted by molar-refractivity contribution is 0.108. The summed E-state index contributed by atoms with van der Waals surface area (Å²) >= 11 is 5.32. The van der Waals surface area contributed by atoms with Crippen LogP contribution in [0.25, 0.3) is 0 Å². The second kappa shape index (κ2) is 7.07. The Morgan fingerprint density at radius 3 is 2.62 bits per heavy atom. The Balaban J connectivity index is 2.43. The molecular weight excluding hydrogens is 224 g/mol. The fourth-order valence-corrected chi connectivity index (χ4v) is 1.31. The summed E-state index contributed by atoms with van der Waals surface area (Å²) in [5.74, 6) is 0.703. The van der Waals surface area contributed by atoms with Crippen LogP contribution < -0.4 is 4.74 Å². The minimum Gasteiger partial charge on any atom is -0.465 e. The maximum atomic E-state index is 10.8. The van der Waals surface area contributed by atoms with Gasteiger partial charge < -0.3 is 4.74 Å². The zero-order valence-corrected chi connectivity index (χ0v) is 10.0. The molecule has 0 N–H and O–H groups in total. The predicted molar refractivity (Wildman–Crippen MR) is 65.9 cm³/mol. The van der Waals surface area contributed by atoms with E-state index in [1.165, 1.54) is 12.8 Å². The van der Waals surface area contributed by atoms with E-state index in [9.17, 15) is 4.79 Å². The van der Waals surface area contributed by atoms with Crippen LogP contribution in [0.3, 0.4) is 0 Å². The molecule has 0 fully saturated rings. The van der Waals surface area contributed by atoms with E-state index in [1.54, 1.807) is 30.5 Å². The lowest BCUT2D eigenvalue weighted by Gasteiger charge is -2.00. The normalized spacial score (nSPS) is 10.6. The van der Waals surface area contributed by atoms with Crippen LogP contribution in [0.1, 0.15) is 36.5 Å². The average Bonchev–Trinajstić information content (AvgIpc) is 2.29. The molecule has 3 heteroatoms. The van der Waals surface area contributed by atoms with Gasteiger partial charge in [-0.05, 0) is 54.8 Å². The Morgan fingerprint density at radius 2 is 2.06 bits per heavy atom. The molecule has 0 unspecified atom stereocenters. The Morgan fingerprint density at radius 1 is 1.38 bits per heavy atom. The molecular formula is C13H15ClO2. The zero-order chi connectivity index (χ0) is 11.8. The number of rotatable bonds is 6. The highest BCUT2D eigenvalue weighted by Gasteiger charge is 2.00. The summed E-state index contributed by atoms with van der Waals surface area (Å²) in [6.45, 7) is 2.15. The summed E-state index contributed by atoms with van der Waals surface area (Å²) in [5, 5.41) is -0.454. The van der Waals surface area contributed by atoms with Gasteiger partial charge in [-0.3, -0.25) is 4.79 Å². The summed E-state index contributed by atoms with van der Waals surface area (Å²) in [5.41, 5.74) is 0.476. The topological polar surface area (TPSA) is 26.3 Å². The number of allylic oxidation sites excluding steroid dienone is 1. The van der Waals surface area contributed by atoms with Crippen LogP contribution in [0.5, 0.6) is 5.75 Å². The smallest absolute Gasteiger partial charge is 0.252 e. The quantitative estimate of drug-likeness (QED) is 0.423.